The summed E-state index contributed by atoms with van der Waals surface area (Å²) in [5, 5.41) is 20.9. The van der Waals surface area contributed by atoms with Gasteiger partial charge in [-0.3, -0.25) is 14.9 Å². The Morgan fingerprint density at radius 3 is 2.46 bits per heavy atom. The van der Waals surface area contributed by atoms with Gasteiger partial charge in [0.05, 0.1) is 29.4 Å². The molecule has 0 unspecified atom stereocenters. The molecule has 0 radical (unpaired) electrons. The number of rotatable bonds is 9. The smallest absolute Gasteiger partial charge is 0.416 e. The van der Waals surface area contributed by atoms with Crippen LogP contribution in [0.4, 0.5) is 42.4 Å². The fraction of sp³-hybridized carbons (Fsp3) is 0.190. The predicted octanol–water partition coefficient (Wildman–Crippen LogP) is 3.96. The second-order valence-electron chi connectivity index (χ2n) is 7.02. The number of hydrazone groups is 1. The Labute approximate surface area is 206 Å². The van der Waals surface area contributed by atoms with Crippen LogP contribution >= 0.6 is 0 Å². The zero-order valence-corrected chi connectivity index (χ0v) is 19.5. The molecule has 37 heavy (non-hydrogen) atoms. The molecule has 2 aromatic carbocycles. The van der Waals surface area contributed by atoms with Crippen molar-refractivity contribution in [3.05, 3.63) is 57.6 Å². The minimum atomic E-state index is -4.53. The van der Waals surface area contributed by atoms with E-state index in [4.69, 9.17) is 9.47 Å². The Balaban J connectivity index is 1.87. The summed E-state index contributed by atoms with van der Waals surface area (Å²) >= 11 is 0. The van der Waals surface area contributed by atoms with Crippen LogP contribution in [-0.4, -0.2) is 46.2 Å². The van der Waals surface area contributed by atoms with Crippen LogP contribution in [0.5, 0.6) is 11.5 Å². The third-order valence-corrected chi connectivity index (χ3v) is 4.44. The highest BCUT2D eigenvalue weighted by molar-refractivity contribution is 5.89. The van der Waals surface area contributed by atoms with Crippen molar-refractivity contribution in [1.29, 1.82) is 0 Å². The van der Waals surface area contributed by atoms with E-state index in [-0.39, 0.29) is 40.6 Å². The van der Waals surface area contributed by atoms with Crippen molar-refractivity contribution in [2.45, 2.75) is 13.1 Å². The molecule has 3 rings (SSSR count). The van der Waals surface area contributed by atoms with E-state index < -0.39 is 28.3 Å². The number of carbonyl (C=O) groups is 1. The molecule has 1 heterocycles. The summed E-state index contributed by atoms with van der Waals surface area (Å²) in [4.78, 5) is 34.3. The normalized spacial score (nSPS) is 11.2. The fourth-order valence-electron chi connectivity index (χ4n) is 2.95. The van der Waals surface area contributed by atoms with Gasteiger partial charge in [-0.2, -0.15) is 33.2 Å². The average Bonchev–Trinajstić information content (AvgIpc) is 2.83. The number of nitrogens with one attached hydrogen (secondary N) is 3. The molecule has 13 nitrogen and oxygen atoms in total. The molecule has 3 aromatic rings. The third-order valence-electron chi connectivity index (χ3n) is 4.44. The maximum absolute atomic E-state index is 13.0. The Kier molecular flexibility index (Phi) is 8.01. The first-order valence-corrected chi connectivity index (χ1v) is 10.2. The molecular weight excluding hydrogens is 501 g/mol. The summed E-state index contributed by atoms with van der Waals surface area (Å²) in [6, 6.07) is 7.02. The van der Waals surface area contributed by atoms with E-state index in [2.05, 4.69) is 36.1 Å². The van der Waals surface area contributed by atoms with Gasteiger partial charge in [0.25, 0.3) is 0 Å². The third kappa shape index (κ3) is 6.77. The van der Waals surface area contributed by atoms with E-state index in [9.17, 15) is 28.1 Å². The molecule has 0 aliphatic rings. The highest BCUT2D eigenvalue weighted by Gasteiger charge is 2.30. The maximum Gasteiger partial charge on any atom is 0.416 e. The maximum atomic E-state index is 13.0. The van der Waals surface area contributed by atoms with Crippen LogP contribution in [0, 0.1) is 10.1 Å². The number of alkyl halides is 3. The molecule has 0 bridgehead atoms. The molecule has 0 saturated heterocycles. The standard InChI is InChI=1S/C21H19F3N8O5/c1-11(33)37-15-8-7-12(16(32(34)35)17(15)36-3)10-26-31-20-29-18(25-2)28-19(30-20)27-14-6-4-5-13(9-14)21(22,23)24/h4-10H,1-3H3,(H3,25,27,28,29,30,31)/b26-10-. The number of nitro benzene ring substituents is 1. The number of hydrogen-bond acceptors (Lipinski definition) is 12. The van der Waals surface area contributed by atoms with Gasteiger partial charge in [-0.25, -0.2) is 5.43 Å². The topological polar surface area (TPSA) is 166 Å². The van der Waals surface area contributed by atoms with Gasteiger partial charge in [0.15, 0.2) is 5.75 Å². The van der Waals surface area contributed by atoms with Gasteiger partial charge in [0.2, 0.25) is 23.6 Å². The SMILES string of the molecule is CNc1nc(N/N=C\c2ccc(OC(C)=O)c(OC)c2[N+](=O)[O-])nc(Nc2cccc(C(F)(F)F)c2)n1. The zero-order chi connectivity index (χ0) is 27.2. The number of nitro groups is 1. The van der Waals surface area contributed by atoms with E-state index in [1.165, 1.54) is 38.4 Å². The van der Waals surface area contributed by atoms with Crippen molar-refractivity contribution >= 4 is 41.4 Å². The Hall–Kier alpha value is -5.02. The van der Waals surface area contributed by atoms with E-state index in [0.29, 0.717) is 0 Å². The van der Waals surface area contributed by atoms with Crippen molar-refractivity contribution in [2.75, 3.05) is 30.2 Å². The first-order chi connectivity index (χ1) is 17.5. The van der Waals surface area contributed by atoms with Gasteiger partial charge in [0, 0.05) is 19.7 Å². The van der Waals surface area contributed by atoms with Crippen LogP contribution in [0.1, 0.15) is 18.1 Å². The Bertz CT molecular complexity index is 1350. The number of aromatic nitrogens is 3. The minimum Gasteiger partial charge on any atom is -0.488 e. The minimum absolute atomic E-state index is 0.00420. The van der Waals surface area contributed by atoms with Crippen molar-refractivity contribution in [3.63, 3.8) is 0 Å². The monoisotopic (exact) mass is 520 g/mol. The van der Waals surface area contributed by atoms with Crippen LogP contribution in [0.15, 0.2) is 41.5 Å². The van der Waals surface area contributed by atoms with Crippen LogP contribution in [-0.2, 0) is 11.0 Å². The predicted molar refractivity (Wildman–Crippen MR) is 126 cm³/mol. The number of hydrogen-bond donors (Lipinski definition) is 3. The molecule has 0 atom stereocenters. The van der Waals surface area contributed by atoms with E-state index in [1.807, 2.05) is 0 Å². The highest BCUT2D eigenvalue weighted by atomic mass is 19.4. The lowest BCUT2D eigenvalue weighted by molar-refractivity contribution is -0.385. The summed E-state index contributed by atoms with van der Waals surface area (Å²) in [6.45, 7) is 1.13. The van der Waals surface area contributed by atoms with Crippen molar-refractivity contribution < 1.29 is 32.4 Å². The van der Waals surface area contributed by atoms with Gasteiger partial charge in [-0.05, 0) is 30.3 Å². The molecule has 1 aromatic heterocycles. The molecule has 0 saturated carbocycles. The molecular formula is C21H19F3N8O5. The number of anilines is 4. The molecule has 0 aliphatic heterocycles. The number of methoxy groups -OCH3 is 1. The van der Waals surface area contributed by atoms with Crippen LogP contribution in [0.3, 0.4) is 0 Å². The molecule has 16 heteroatoms. The quantitative estimate of drug-likeness (QED) is 0.123. The lowest BCUT2D eigenvalue weighted by Gasteiger charge is -2.11. The number of benzene rings is 2. The summed E-state index contributed by atoms with van der Waals surface area (Å²) in [6.07, 6.45) is -3.45. The van der Waals surface area contributed by atoms with Crippen molar-refractivity contribution in [3.8, 4) is 11.5 Å². The van der Waals surface area contributed by atoms with Gasteiger partial charge in [-0.1, -0.05) is 6.07 Å². The molecule has 0 aliphatic carbocycles. The molecule has 0 fully saturated rings. The van der Waals surface area contributed by atoms with Crippen molar-refractivity contribution in [2.24, 2.45) is 5.10 Å². The average molecular weight is 520 g/mol. The Morgan fingerprint density at radius 2 is 1.84 bits per heavy atom. The van der Waals surface area contributed by atoms with Gasteiger partial charge in [0.1, 0.15) is 0 Å². The number of ether oxygens (including phenoxy) is 2. The van der Waals surface area contributed by atoms with Crippen molar-refractivity contribution in [1.82, 2.24) is 15.0 Å². The first-order valence-electron chi connectivity index (χ1n) is 10.2. The fourth-order valence-corrected chi connectivity index (χ4v) is 2.95. The van der Waals surface area contributed by atoms with Gasteiger partial charge in [-0.15, -0.1) is 0 Å². The second kappa shape index (κ2) is 11.1. The Morgan fingerprint density at radius 1 is 1.14 bits per heavy atom. The van der Waals surface area contributed by atoms with Gasteiger partial charge >= 0.3 is 17.8 Å². The molecule has 3 N–H and O–H groups in total. The van der Waals surface area contributed by atoms with Crippen LogP contribution in [0.2, 0.25) is 0 Å². The summed E-state index contributed by atoms with van der Waals surface area (Å²) in [7, 11) is 2.69. The van der Waals surface area contributed by atoms with E-state index >= 15 is 0 Å². The second-order valence-corrected chi connectivity index (χ2v) is 7.02. The van der Waals surface area contributed by atoms with Crippen LogP contribution < -0.4 is 25.5 Å². The number of esters is 1. The number of carbonyl (C=O) groups excluding carboxylic acids is 1. The molecule has 0 spiro atoms. The summed E-state index contributed by atoms with van der Waals surface area (Å²) in [5.74, 6) is -1.30. The number of nitrogens with zero attached hydrogens (tertiary/aromatic N) is 5. The summed E-state index contributed by atoms with van der Waals surface area (Å²) in [5.41, 5.74) is 1.18. The number of halogens is 3. The largest absolute Gasteiger partial charge is 0.488 e. The summed E-state index contributed by atoms with van der Waals surface area (Å²) < 4.78 is 49.0. The zero-order valence-electron chi connectivity index (χ0n) is 19.5. The lowest BCUT2D eigenvalue weighted by Crippen LogP contribution is -2.09. The van der Waals surface area contributed by atoms with E-state index in [0.717, 1.165) is 25.3 Å². The van der Waals surface area contributed by atoms with E-state index in [1.54, 1.807) is 0 Å². The highest BCUT2D eigenvalue weighted by Crippen LogP contribution is 2.39. The van der Waals surface area contributed by atoms with Crippen LogP contribution in [0.25, 0.3) is 0 Å². The first kappa shape index (κ1) is 26.6. The van der Waals surface area contributed by atoms with Gasteiger partial charge < -0.3 is 20.1 Å². The molecule has 194 valence electrons. The molecule has 0 amide bonds. The lowest BCUT2D eigenvalue weighted by atomic mass is 10.1.